The lowest BCUT2D eigenvalue weighted by atomic mass is 9.91. The molecule has 0 radical (unpaired) electrons. The summed E-state index contributed by atoms with van der Waals surface area (Å²) in [4.78, 5) is 47.4. The van der Waals surface area contributed by atoms with Crippen molar-refractivity contribution in [3.05, 3.63) is 88.6 Å². The lowest BCUT2D eigenvalue weighted by Crippen LogP contribution is -2.53. The Morgan fingerprint density at radius 1 is 1.09 bits per heavy atom. The number of halogens is 5. The Hall–Kier alpha value is -4.50. The van der Waals surface area contributed by atoms with Gasteiger partial charge >= 0.3 is 0 Å². The summed E-state index contributed by atoms with van der Waals surface area (Å²) in [6.07, 6.45) is -0.0238. The second-order valence-corrected chi connectivity index (χ2v) is 11.1. The Morgan fingerprint density at radius 3 is 2.50 bits per heavy atom. The minimum atomic E-state index is -2.85. The van der Waals surface area contributed by atoms with E-state index in [-0.39, 0.29) is 42.0 Å². The third-order valence-corrected chi connectivity index (χ3v) is 8.15. The van der Waals surface area contributed by atoms with Crippen LogP contribution in [0.5, 0.6) is 0 Å². The second-order valence-electron chi connectivity index (χ2n) is 10.7. The molecule has 2 fully saturated rings. The number of hydrogen-bond acceptors (Lipinski definition) is 5. The number of nitriles is 1. The maximum Gasteiger partial charge on any atom is 0.251 e. The van der Waals surface area contributed by atoms with Crippen LogP contribution in [0.3, 0.4) is 0 Å². The Morgan fingerprint density at radius 2 is 1.82 bits per heavy atom. The molecule has 2 aliphatic rings. The highest BCUT2D eigenvalue weighted by atomic mass is 35.5. The number of aromatic nitrogens is 1. The number of hydrogen-bond donors (Lipinski definition) is 1. The van der Waals surface area contributed by atoms with Gasteiger partial charge in [-0.25, -0.2) is 22.5 Å². The molecule has 1 aliphatic carbocycles. The summed E-state index contributed by atoms with van der Waals surface area (Å²) in [5.41, 5.74) is -0.310. The molecule has 2 aromatic carbocycles. The normalized spacial score (nSPS) is 18.9. The molecule has 3 aromatic rings. The maximum atomic E-state index is 15.2. The van der Waals surface area contributed by atoms with E-state index in [2.05, 4.69) is 10.3 Å². The van der Waals surface area contributed by atoms with Crippen molar-refractivity contribution in [3.63, 3.8) is 0 Å². The Labute approximate surface area is 255 Å². The van der Waals surface area contributed by atoms with Crippen molar-refractivity contribution < 1.29 is 31.9 Å². The monoisotopic (exact) mass is 627 g/mol. The van der Waals surface area contributed by atoms with Crippen LogP contribution in [-0.4, -0.2) is 40.7 Å². The van der Waals surface area contributed by atoms with Gasteiger partial charge < -0.3 is 5.32 Å². The largest absolute Gasteiger partial charge is 0.351 e. The number of amides is 3. The third-order valence-electron chi connectivity index (χ3n) is 7.81. The highest BCUT2D eigenvalue weighted by molar-refractivity contribution is 6.31. The van der Waals surface area contributed by atoms with Crippen LogP contribution in [0.2, 0.25) is 5.02 Å². The smallest absolute Gasteiger partial charge is 0.251 e. The van der Waals surface area contributed by atoms with Crippen LogP contribution in [0.15, 0.2) is 60.8 Å². The minimum Gasteiger partial charge on any atom is -0.351 e. The number of nitrogens with one attached hydrogen (secondary N) is 1. The van der Waals surface area contributed by atoms with Crippen molar-refractivity contribution in [1.82, 2.24) is 10.3 Å². The average molecular weight is 628 g/mol. The first-order valence-electron chi connectivity index (χ1n) is 13.9. The summed E-state index contributed by atoms with van der Waals surface area (Å²) in [6.45, 7) is 0. The fourth-order valence-corrected chi connectivity index (χ4v) is 5.86. The first-order valence-corrected chi connectivity index (χ1v) is 14.3. The van der Waals surface area contributed by atoms with Gasteiger partial charge in [-0.15, -0.1) is 0 Å². The van der Waals surface area contributed by atoms with Crippen molar-refractivity contribution in [2.75, 3.05) is 9.80 Å². The lowest BCUT2D eigenvalue weighted by molar-refractivity contribution is -0.128. The summed E-state index contributed by atoms with van der Waals surface area (Å²) in [5.74, 6) is -7.51. The third kappa shape index (κ3) is 6.24. The van der Waals surface area contributed by atoms with E-state index in [1.54, 1.807) is 18.2 Å². The number of nitrogens with zero attached hydrogens (tertiary/aromatic N) is 4. The van der Waals surface area contributed by atoms with Crippen LogP contribution >= 0.6 is 11.6 Å². The van der Waals surface area contributed by atoms with Gasteiger partial charge in [0.15, 0.2) is 11.6 Å². The fourth-order valence-electron chi connectivity index (χ4n) is 5.62. The molecule has 0 bridgehead atoms. The van der Waals surface area contributed by atoms with Gasteiger partial charge in [0.2, 0.25) is 17.7 Å². The van der Waals surface area contributed by atoms with E-state index < -0.39 is 77.6 Å². The van der Waals surface area contributed by atoms with Crippen molar-refractivity contribution >= 4 is 40.8 Å². The fraction of sp³-hybridized carbons (Fsp3) is 0.323. The summed E-state index contributed by atoms with van der Waals surface area (Å²) in [6, 6.07) is 10.3. The molecule has 3 amide bonds. The number of benzene rings is 2. The van der Waals surface area contributed by atoms with Crippen LogP contribution in [0.4, 0.5) is 29.1 Å². The molecule has 13 heteroatoms. The van der Waals surface area contributed by atoms with E-state index in [9.17, 15) is 32.8 Å². The van der Waals surface area contributed by atoms with E-state index in [1.807, 2.05) is 0 Å². The number of pyridine rings is 1. The molecule has 2 atom stereocenters. The average Bonchev–Trinajstić information content (AvgIpc) is 3.38. The van der Waals surface area contributed by atoms with Gasteiger partial charge in [-0.1, -0.05) is 35.9 Å². The van der Waals surface area contributed by atoms with Gasteiger partial charge in [-0.05, 0) is 49.6 Å². The van der Waals surface area contributed by atoms with Crippen LogP contribution in [0, 0.1) is 23.0 Å². The number of carbonyl (C=O) groups excluding carboxylic acids is 3. The van der Waals surface area contributed by atoms with Crippen LogP contribution < -0.4 is 15.1 Å². The molecule has 5 rings (SSSR count). The summed E-state index contributed by atoms with van der Waals surface area (Å²) in [5, 5.41) is 12.2. The second kappa shape index (κ2) is 12.6. The Kier molecular flexibility index (Phi) is 8.87. The van der Waals surface area contributed by atoms with E-state index in [1.165, 1.54) is 24.3 Å². The predicted molar refractivity (Wildman–Crippen MR) is 153 cm³/mol. The van der Waals surface area contributed by atoms with Gasteiger partial charge in [0.1, 0.15) is 24.0 Å². The molecular formula is C31H26ClF4N5O3. The Balaban J connectivity index is 1.61. The molecule has 1 saturated carbocycles. The molecule has 1 saturated heterocycles. The number of rotatable bonds is 7. The van der Waals surface area contributed by atoms with E-state index in [4.69, 9.17) is 11.6 Å². The van der Waals surface area contributed by atoms with Gasteiger partial charge in [0, 0.05) is 47.8 Å². The van der Waals surface area contributed by atoms with Crippen LogP contribution in [-0.2, 0) is 14.4 Å². The molecule has 0 spiro atoms. The molecule has 228 valence electrons. The molecule has 1 aromatic heterocycles. The van der Waals surface area contributed by atoms with Crippen molar-refractivity contribution in [2.24, 2.45) is 0 Å². The zero-order chi connectivity index (χ0) is 31.6. The Bertz CT molecular complexity index is 1640. The predicted octanol–water partition coefficient (Wildman–Crippen LogP) is 5.85. The molecule has 2 heterocycles. The molecular weight excluding hydrogens is 602 g/mol. The number of carbonyl (C=O) groups is 3. The molecule has 1 N–H and O–H groups in total. The maximum absolute atomic E-state index is 15.2. The molecule has 1 unspecified atom stereocenters. The number of alkyl halides is 2. The molecule has 44 heavy (non-hydrogen) atoms. The van der Waals surface area contributed by atoms with Gasteiger partial charge in [0.05, 0.1) is 5.56 Å². The van der Waals surface area contributed by atoms with Crippen LogP contribution in [0.1, 0.15) is 55.7 Å². The SMILES string of the molecule is N#Cc1ccnc(N2C(=O)CC[C@H]2C(=O)N(c2cccc(F)c2)C(C(=O)NC2CCC(F)(F)CC2)c2ccccc2Cl)c1F. The quantitative estimate of drug-likeness (QED) is 0.331. The molecule has 8 nitrogen and oxygen atoms in total. The van der Waals surface area contributed by atoms with E-state index >= 15 is 4.39 Å². The standard InChI is InChI=1S/C31H26ClF4N5O3/c32-23-7-2-1-6-22(23)27(29(43)39-20-10-13-31(35,36)14-11-20)40(21-5-3-4-19(33)16-21)30(44)24-8-9-25(42)41(24)28-26(34)18(17-37)12-15-38-28/h1-7,12,15-16,20,24,27H,8-11,13-14H2,(H,39,43)/t24-,27?/m0/s1. The van der Waals surface area contributed by atoms with Crippen molar-refractivity contribution in [2.45, 2.75) is 62.6 Å². The van der Waals surface area contributed by atoms with Gasteiger partial charge in [-0.3, -0.25) is 24.2 Å². The van der Waals surface area contributed by atoms with E-state index in [0.717, 1.165) is 34.2 Å². The van der Waals surface area contributed by atoms with Gasteiger partial charge in [0.25, 0.3) is 5.91 Å². The first kappa shape index (κ1) is 30.9. The summed E-state index contributed by atoms with van der Waals surface area (Å²) in [7, 11) is 0. The minimum absolute atomic E-state index is 0.00697. The zero-order valence-electron chi connectivity index (χ0n) is 23.2. The van der Waals surface area contributed by atoms with Crippen molar-refractivity contribution in [3.8, 4) is 6.07 Å². The highest BCUT2D eigenvalue weighted by Crippen LogP contribution is 2.38. The topological polar surface area (TPSA) is 106 Å². The highest BCUT2D eigenvalue weighted by Gasteiger charge is 2.46. The van der Waals surface area contributed by atoms with Crippen molar-refractivity contribution in [1.29, 1.82) is 5.26 Å². The van der Waals surface area contributed by atoms with Gasteiger partial charge in [-0.2, -0.15) is 5.26 Å². The van der Waals surface area contributed by atoms with E-state index in [0.29, 0.717) is 0 Å². The molecule has 1 aliphatic heterocycles. The zero-order valence-corrected chi connectivity index (χ0v) is 23.9. The number of anilines is 2. The summed E-state index contributed by atoms with van der Waals surface area (Å²) < 4.78 is 57.5. The first-order chi connectivity index (χ1) is 21.0. The van der Waals surface area contributed by atoms with Crippen LogP contribution in [0.25, 0.3) is 0 Å². The lowest BCUT2D eigenvalue weighted by Gasteiger charge is -2.37. The summed E-state index contributed by atoms with van der Waals surface area (Å²) >= 11 is 6.53.